The number of benzene rings is 1. The van der Waals surface area contributed by atoms with E-state index >= 15 is 0 Å². The third kappa shape index (κ3) is 2.29. The van der Waals surface area contributed by atoms with Crippen LogP contribution < -0.4 is 5.32 Å². The van der Waals surface area contributed by atoms with Crippen molar-refractivity contribution in [2.75, 3.05) is 12.8 Å². The minimum absolute atomic E-state index is 0.217. The maximum atomic E-state index is 14.1. The van der Waals surface area contributed by atoms with Gasteiger partial charge in [0.15, 0.2) is 9.84 Å². The Hall–Kier alpha value is -0.940. The van der Waals surface area contributed by atoms with Crippen LogP contribution in [0.1, 0.15) is 30.9 Å². The molecule has 1 N–H and O–H groups in total. The Morgan fingerprint density at radius 3 is 2.56 bits per heavy atom. The molecule has 1 aromatic carbocycles. The van der Waals surface area contributed by atoms with Gasteiger partial charge in [-0.3, -0.25) is 0 Å². The van der Waals surface area contributed by atoms with Crippen molar-refractivity contribution in [2.45, 2.75) is 37.1 Å². The second-order valence-corrected chi connectivity index (χ2v) is 7.22. The molecule has 1 heterocycles. The smallest absolute Gasteiger partial charge is 0.175 e. The number of hydrogen-bond donors (Lipinski definition) is 1. The van der Waals surface area contributed by atoms with E-state index in [0.29, 0.717) is 11.1 Å². The molecule has 1 unspecified atom stereocenters. The Morgan fingerprint density at radius 1 is 1.39 bits per heavy atom. The maximum Gasteiger partial charge on any atom is 0.175 e. The Kier molecular flexibility index (Phi) is 3.23. The first kappa shape index (κ1) is 13.5. The molecule has 1 atom stereocenters. The van der Waals surface area contributed by atoms with E-state index in [4.69, 9.17) is 0 Å². The topological polar surface area (TPSA) is 46.2 Å². The standard InChI is InChI=1S/C13H18FNO2S/c1-9-7-11(14)10(8-12(9)18(3,16)17)13(2)5-4-6-15-13/h7-8,15H,4-6H2,1-3H3. The lowest BCUT2D eigenvalue weighted by molar-refractivity contribution is 0.409. The number of halogens is 1. The number of rotatable bonds is 2. The first-order valence-corrected chi connectivity index (χ1v) is 7.89. The van der Waals surface area contributed by atoms with Crippen molar-refractivity contribution < 1.29 is 12.8 Å². The van der Waals surface area contributed by atoms with E-state index in [1.165, 1.54) is 12.1 Å². The molecule has 1 aliphatic heterocycles. The second kappa shape index (κ2) is 4.31. The molecule has 0 aromatic heterocycles. The largest absolute Gasteiger partial charge is 0.308 e. The van der Waals surface area contributed by atoms with Crippen LogP contribution in [-0.2, 0) is 15.4 Å². The molecule has 1 saturated heterocycles. The zero-order valence-electron chi connectivity index (χ0n) is 10.9. The van der Waals surface area contributed by atoms with Gasteiger partial charge in [-0.05, 0) is 50.9 Å². The highest BCUT2D eigenvalue weighted by molar-refractivity contribution is 7.90. The Labute approximate surface area is 107 Å². The number of sulfone groups is 1. The van der Waals surface area contributed by atoms with Gasteiger partial charge in [0.25, 0.3) is 0 Å². The highest BCUT2D eigenvalue weighted by Gasteiger charge is 2.33. The maximum absolute atomic E-state index is 14.1. The summed E-state index contributed by atoms with van der Waals surface area (Å²) in [5, 5.41) is 3.25. The summed E-state index contributed by atoms with van der Waals surface area (Å²) < 4.78 is 37.5. The molecule has 2 rings (SSSR count). The quantitative estimate of drug-likeness (QED) is 0.838. The fraction of sp³-hybridized carbons (Fsp3) is 0.538. The SMILES string of the molecule is Cc1cc(F)c(C2(C)CCCN2)cc1S(C)(=O)=O. The summed E-state index contributed by atoms with van der Waals surface area (Å²) in [5.74, 6) is -0.336. The van der Waals surface area contributed by atoms with E-state index in [2.05, 4.69) is 5.32 Å². The second-order valence-electron chi connectivity index (χ2n) is 5.23. The van der Waals surface area contributed by atoms with Crippen molar-refractivity contribution in [3.63, 3.8) is 0 Å². The fourth-order valence-corrected chi connectivity index (χ4v) is 3.58. The molecule has 0 spiro atoms. The number of aryl methyl sites for hydroxylation is 1. The average molecular weight is 271 g/mol. The van der Waals surface area contributed by atoms with Crippen LogP contribution in [-0.4, -0.2) is 21.2 Å². The Bertz CT molecular complexity index is 575. The van der Waals surface area contributed by atoms with Crippen LogP contribution in [0.25, 0.3) is 0 Å². The highest BCUT2D eigenvalue weighted by atomic mass is 32.2. The first-order chi connectivity index (χ1) is 8.24. The van der Waals surface area contributed by atoms with E-state index in [1.54, 1.807) is 6.92 Å². The Balaban J connectivity index is 2.62. The molecule has 0 bridgehead atoms. The molecule has 5 heteroatoms. The van der Waals surface area contributed by atoms with Gasteiger partial charge >= 0.3 is 0 Å². The van der Waals surface area contributed by atoms with Crippen LogP contribution in [0, 0.1) is 12.7 Å². The summed E-state index contributed by atoms with van der Waals surface area (Å²) in [4.78, 5) is 0.217. The Morgan fingerprint density at radius 2 is 2.06 bits per heavy atom. The third-order valence-corrected chi connectivity index (χ3v) is 4.87. The molecule has 1 aliphatic rings. The summed E-state index contributed by atoms with van der Waals surface area (Å²) in [6, 6.07) is 2.80. The van der Waals surface area contributed by atoms with Crippen LogP contribution >= 0.6 is 0 Å². The van der Waals surface area contributed by atoms with Gasteiger partial charge < -0.3 is 5.32 Å². The zero-order chi connectivity index (χ0) is 13.6. The van der Waals surface area contributed by atoms with E-state index in [9.17, 15) is 12.8 Å². The van der Waals surface area contributed by atoms with Crippen LogP contribution in [0.3, 0.4) is 0 Å². The minimum Gasteiger partial charge on any atom is -0.308 e. The molecular formula is C13H18FNO2S. The van der Waals surface area contributed by atoms with Crippen molar-refractivity contribution >= 4 is 9.84 Å². The molecular weight excluding hydrogens is 253 g/mol. The van der Waals surface area contributed by atoms with Gasteiger partial charge in [-0.25, -0.2) is 12.8 Å². The van der Waals surface area contributed by atoms with Gasteiger partial charge in [-0.1, -0.05) is 0 Å². The van der Waals surface area contributed by atoms with Gasteiger partial charge in [0.05, 0.1) is 4.90 Å². The van der Waals surface area contributed by atoms with Crippen LogP contribution in [0.15, 0.2) is 17.0 Å². The van der Waals surface area contributed by atoms with E-state index in [0.717, 1.165) is 25.6 Å². The third-order valence-electron chi connectivity index (χ3n) is 3.63. The number of hydrogen-bond acceptors (Lipinski definition) is 3. The van der Waals surface area contributed by atoms with Crippen LogP contribution in [0.2, 0.25) is 0 Å². The van der Waals surface area contributed by atoms with Crippen molar-refractivity contribution in [1.82, 2.24) is 5.32 Å². The van der Waals surface area contributed by atoms with E-state index in [1.807, 2.05) is 6.92 Å². The summed E-state index contributed by atoms with van der Waals surface area (Å²) in [6.07, 6.45) is 2.94. The number of nitrogens with one attached hydrogen (secondary N) is 1. The fourth-order valence-electron chi connectivity index (χ4n) is 2.60. The van der Waals surface area contributed by atoms with Gasteiger partial charge in [0.2, 0.25) is 0 Å². The minimum atomic E-state index is -3.32. The van der Waals surface area contributed by atoms with Crippen LogP contribution in [0.4, 0.5) is 4.39 Å². The molecule has 1 fully saturated rings. The molecule has 0 aliphatic carbocycles. The monoisotopic (exact) mass is 271 g/mol. The van der Waals surface area contributed by atoms with Gasteiger partial charge in [-0.2, -0.15) is 0 Å². The lowest BCUT2D eigenvalue weighted by Gasteiger charge is -2.26. The highest BCUT2D eigenvalue weighted by Crippen LogP contribution is 2.34. The summed E-state index contributed by atoms with van der Waals surface area (Å²) >= 11 is 0. The summed E-state index contributed by atoms with van der Waals surface area (Å²) in [7, 11) is -3.32. The van der Waals surface area contributed by atoms with Gasteiger partial charge in [0, 0.05) is 17.4 Å². The lowest BCUT2D eigenvalue weighted by Crippen LogP contribution is -2.34. The van der Waals surface area contributed by atoms with Crippen molar-refractivity contribution in [3.8, 4) is 0 Å². The molecule has 1 aromatic rings. The van der Waals surface area contributed by atoms with Crippen molar-refractivity contribution in [1.29, 1.82) is 0 Å². The molecule has 3 nitrogen and oxygen atoms in total. The normalized spacial score (nSPS) is 24.4. The molecule has 0 saturated carbocycles. The predicted molar refractivity (Wildman–Crippen MR) is 68.8 cm³/mol. The zero-order valence-corrected chi connectivity index (χ0v) is 11.7. The van der Waals surface area contributed by atoms with Gasteiger partial charge in [-0.15, -0.1) is 0 Å². The van der Waals surface area contributed by atoms with E-state index < -0.39 is 15.4 Å². The molecule has 0 amide bonds. The summed E-state index contributed by atoms with van der Waals surface area (Å²) in [6.45, 7) is 4.37. The lowest BCUT2D eigenvalue weighted by atomic mass is 9.89. The average Bonchev–Trinajstić information content (AvgIpc) is 2.63. The molecule has 0 radical (unpaired) electrons. The van der Waals surface area contributed by atoms with Crippen molar-refractivity contribution in [2.24, 2.45) is 0 Å². The molecule has 18 heavy (non-hydrogen) atoms. The van der Waals surface area contributed by atoms with E-state index in [-0.39, 0.29) is 10.7 Å². The molecule has 100 valence electrons. The predicted octanol–water partition coefficient (Wildman–Crippen LogP) is 2.14. The first-order valence-electron chi connectivity index (χ1n) is 6.00. The van der Waals surface area contributed by atoms with Crippen molar-refractivity contribution in [3.05, 3.63) is 29.1 Å². The van der Waals surface area contributed by atoms with Gasteiger partial charge in [0.1, 0.15) is 5.82 Å². The summed E-state index contributed by atoms with van der Waals surface area (Å²) in [5.41, 5.74) is 0.448. The van der Waals surface area contributed by atoms with Crippen LogP contribution in [0.5, 0.6) is 0 Å².